The molecule has 0 aromatic heterocycles. The topological polar surface area (TPSA) is 39.1 Å². The highest BCUT2D eigenvalue weighted by Crippen LogP contribution is 2.37. The van der Waals surface area contributed by atoms with Gasteiger partial charge >= 0.3 is 0 Å². The predicted molar refractivity (Wildman–Crippen MR) is 78.9 cm³/mol. The average Bonchev–Trinajstić information content (AvgIpc) is 3.05. The zero-order valence-electron chi connectivity index (χ0n) is 12.6. The lowest BCUT2D eigenvalue weighted by atomic mass is 9.91. The number of nitrogens with zero attached hydrogens (tertiary/aromatic N) is 2. The van der Waals surface area contributed by atoms with E-state index in [-0.39, 0.29) is 5.54 Å². The van der Waals surface area contributed by atoms with Crippen molar-refractivity contribution in [2.45, 2.75) is 70.4 Å². The number of nitrogens with one attached hydrogen (secondary N) is 1. The van der Waals surface area contributed by atoms with Crippen LogP contribution >= 0.6 is 0 Å². The van der Waals surface area contributed by atoms with Crippen molar-refractivity contribution < 1.29 is 0 Å². The Morgan fingerprint density at radius 1 is 1.37 bits per heavy atom. The van der Waals surface area contributed by atoms with Gasteiger partial charge in [0, 0.05) is 12.6 Å². The summed E-state index contributed by atoms with van der Waals surface area (Å²) in [6, 6.07) is 3.40. The smallest absolute Gasteiger partial charge is 0.106 e. The fraction of sp³-hybridized carbons (Fsp3) is 0.938. The quantitative estimate of drug-likeness (QED) is 0.732. The molecule has 2 fully saturated rings. The van der Waals surface area contributed by atoms with Crippen LogP contribution in [0.3, 0.4) is 0 Å². The van der Waals surface area contributed by atoms with Gasteiger partial charge < -0.3 is 4.90 Å². The summed E-state index contributed by atoms with van der Waals surface area (Å²) in [5, 5.41) is 12.9. The Kier molecular flexibility index (Phi) is 5.24. The molecule has 19 heavy (non-hydrogen) atoms. The maximum Gasteiger partial charge on any atom is 0.106 e. The first-order chi connectivity index (χ1) is 9.23. The summed E-state index contributed by atoms with van der Waals surface area (Å²) >= 11 is 0. The van der Waals surface area contributed by atoms with Crippen LogP contribution in [0, 0.1) is 17.2 Å². The first kappa shape index (κ1) is 14.8. The molecule has 108 valence electrons. The molecule has 0 radical (unpaired) electrons. The van der Waals surface area contributed by atoms with Gasteiger partial charge in [-0.2, -0.15) is 5.26 Å². The molecule has 1 saturated heterocycles. The molecule has 3 unspecified atom stereocenters. The van der Waals surface area contributed by atoms with E-state index in [9.17, 15) is 5.26 Å². The summed E-state index contributed by atoms with van der Waals surface area (Å²) in [6.45, 7) is 7.75. The van der Waals surface area contributed by atoms with E-state index in [2.05, 4.69) is 30.1 Å². The molecule has 3 heteroatoms. The number of nitriles is 1. The van der Waals surface area contributed by atoms with E-state index in [1.54, 1.807) is 0 Å². The number of hydrogen-bond acceptors (Lipinski definition) is 3. The molecule has 3 atom stereocenters. The summed E-state index contributed by atoms with van der Waals surface area (Å²) in [7, 11) is 0. The van der Waals surface area contributed by atoms with Crippen molar-refractivity contribution in [3.05, 3.63) is 0 Å². The lowest BCUT2D eigenvalue weighted by Crippen LogP contribution is -2.44. The number of rotatable bonds is 8. The molecular weight excluding hydrogens is 234 g/mol. The Labute approximate surface area is 118 Å². The molecular formula is C16H29N3. The second kappa shape index (κ2) is 6.72. The van der Waals surface area contributed by atoms with Crippen LogP contribution in [0.25, 0.3) is 0 Å². The minimum atomic E-state index is -0.283. The molecule has 1 heterocycles. The van der Waals surface area contributed by atoms with Gasteiger partial charge in [-0.25, -0.2) is 0 Å². The van der Waals surface area contributed by atoms with Crippen molar-refractivity contribution in [3.8, 4) is 6.07 Å². The van der Waals surface area contributed by atoms with Gasteiger partial charge in [0.15, 0.2) is 0 Å². The van der Waals surface area contributed by atoms with Gasteiger partial charge in [-0.05, 0) is 64.0 Å². The summed E-state index contributed by atoms with van der Waals surface area (Å²) in [5.41, 5.74) is -0.283. The fourth-order valence-corrected chi connectivity index (χ4v) is 3.81. The van der Waals surface area contributed by atoms with Crippen molar-refractivity contribution in [1.82, 2.24) is 10.2 Å². The highest BCUT2D eigenvalue weighted by atomic mass is 15.2. The Hall–Kier alpha value is -0.590. The van der Waals surface area contributed by atoms with Crippen molar-refractivity contribution in [1.29, 1.82) is 5.26 Å². The van der Waals surface area contributed by atoms with Gasteiger partial charge in [-0.1, -0.05) is 13.8 Å². The molecule has 0 amide bonds. The number of hydrogen-bond donors (Lipinski definition) is 1. The zero-order valence-corrected chi connectivity index (χ0v) is 12.6. The van der Waals surface area contributed by atoms with E-state index in [0.717, 1.165) is 44.2 Å². The zero-order chi connectivity index (χ0) is 13.7. The fourth-order valence-electron chi connectivity index (χ4n) is 3.81. The van der Waals surface area contributed by atoms with E-state index in [1.165, 1.54) is 32.4 Å². The Bertz CT molecular complexity index is 322. The highest BCUT2D eigenvalue weighted by Gasteiger charge is 2.37. The normalized spacial score (nSPS) is 29.3. The van der Waals surface area contributed by atoms with Crippen molar-refractivity contribution in [3.63, 3.8) is 0 Å². The molecule has 0 spiro atoms. The Morgan fingerprint density at radius 3 is 2.74 bits per heavy atom. The lowest BCUT2D eigenvalue weighted by molar-refractivity contribution is 0.202. The number of likely N-dealkylation sites (tertiary alicyclic amines) is 1. The summed E-state index contributed by atoms with van der Waals surface area (Å²) in [4.78, 5) is 2.67. The molecule has 2 bridgehead atoms. The monoisotopic (exact) mass is 263 g/mol. The maximum atomic E-state index is 9.47. The van der Waals surface area contributed by atoms with Crippen molar-refractivity contribution >= 4 is 0 Å². The van der Waals surface area contributed by atoms with Gasteiger partial charge in [0.05, 0.1) is 6.07 Å². The third-order valence-electron chi connectivity index (χ3n) is 5.10. The third kappa shape index (κ3) is 3.49. The Morgan fingerprint density at radius 2 is 2.21 bits per heavy atom. The van der Waals surface area contributed by atoms with Gasteiger partial charge in [0.25, 0.3) is 0 Å². The first-order valence-electron chi connectivity index (χ1n) is 8.13. The van der Waals surface area contributed by atoms with E-state index >= 15 is 0 Å². The van der Waals surface area contributed by atoms with Crippen LogP contribution in [-0.2, 0) is 0 Å². The van der Waals surface area contributed by atoms with Gasteiger partial charge in [0.2, 0.25) is 0 Å². The molecule has 1 N–H and O–H groups in total. The molecule has 2 aliphatic rings. The van der Waals surface area contributed by atoms with E-state index in [4.69, 9.17) is 0 Å². The van der Waals surface area contributed by atoms with Crippen LogP contribution in [0.4, 0.5) is 0 Å². The van der Waals surface area contributed by atoms with Gasteiger partial charge in [-0.15, -0.1) is 0 Å². The first-order valence-corrected chi connectivity index (χ1v) is 8.13. The van der Waals surface area contributed by atoms with E-state index in [0.29, 0.717) is 0 Å². The standard InChI is InChI=1S/C16H29N3/c1-3-9-18-16(4-2,13-17)8-5-10-19-12-14-6-7-15(19)11-14/h14-15,18H,3-12H2,1-2H3. The van der Waals surface area contributed by atoms with Crippen LogP contribution in [-0.4, -0.2) is 36.1 Å². The summed E-state index contributed by atoms with van der Waals surface area (Å²) in [5.74, 6) is 0.982. The Balaban J connectivity index is 1.74. The average molecular weight is 263 g/mol. The van der Waals surface area contributed by atoms with Gasteiger partial charge in [-0.3, -0.25) is 5.32 Å². The summed E-state index contributed by atoms with van der Waals surface area (Å²) < 4.78 is 0. The number of piperidine rings is 1. The molecule has 1 saturated carbocycles. The molecule has 1 aliphatic carbocycles. The largest absolute Gasteiger partial charge is 0.300 e. The van der Waals surface area contributed by atoms with E-state index < -0.39 is 0 Å². The van der Waals surface area contributed by atoms with E-state index in [1.807, 2.05) is 0 Å². The van der Waals surface area contributed by atoms with Crippen LogP contribution in [0.15, 0.2) is 0 Å². The second-order valence-electron chi connectivity index (χ2n) is 6.41. The molecule has 0 aromatic carbocycles. The molecule has 2 rings (SSSR count). The number of fused-ring (bicyclic) bond motifs is 2. The predicted octanol–water partition coefficient (Wildman–Crippen LogP) is 2.92. The summed E-state index contributed by atoms with van der Waals surface area (Å²) in [6.07, 6.45) is 8.46. The SMILES string of the molecule is CCCNC(C#N)(CC)CCCN1CC2CCC1C2. The lowest BCUT2D eigenvalue weighted by Gasteiger charge is -2.30. The molecule has 1 aliphatic heterocycles. The minimum absolute atomic E-state index is 0.283. The van der Waals surface area contributed by atoms with Gasteiger partial charge in [0.1, 0.15) is 5.54 Å². The maximum absolute atomic E-state index is 9.47. The van der Waals surface area contributed by atoms with Crippen molar-refractivity contribution in [2.24, 2.45) is 5.92 Å². The van der Waals surface area contributed by atoms with Crippen molar-refractivity contribution in [2.75, 3.05) is 19.6 Å². The third-order valence-corrected chi connectivity index (χ3v) is 5.10. The highest BCUT2D eigenvalue weighted by molar-refractivity contribution is 5.06. The second-order valence-corrected chi connectivity index (χ2v) is 6.41. The molecule has 3 nitrogen and oxygen atoms in total. The molecule has 0 aromatic rings. The van der Waals surface area contributed by atoms with Crippen LogP contribution in [0.2, 0.25) is 0 Å². The van der Waals surface area contributed by atoms with Crippen LogP contribution in [0.5, 0.6) is 0 Å². The van der Waals surface area contributed by atoms with Crippen LogP contribution < -0.4 is 5.32 Å². The minimum Gasteiger partial charge on any atom is -0.300 e. The van der Waals surface area contributed by atoms with Crippen LogP contribution in [0.1, 0.15) is 58.8 Å².